The first-order chi connectivity index (χ1) is 21.5. The largest absolute Gasteiger partial charge is 0.497 e. The van der Waals surface area contributed by atoms with Crippen LogP contribution in [-0.4, -0.2) is 76.5 Å². The number of nitrogens with one attached hydrogen (secondary N) is 1. The Morgan fingerprint density at radius 3 is 2.49 bits per heavy atom. The van der Waals surface area contributed by atoms with Gasteiger partial charge in [-0.3, -0.25) is 19.1 Å². The standard InChI is InChI=1S/C33H35ClN6O4Si/c1-20-37-38-32-28(36-31(21-5-9-23(34)10-6-21)27-17-25(44-2)11-14-29(27)40(20)32)18-30(41)39-16-15-24(19-39)35-33(42)22-7-12-26(13-8-22)45(3,4)43/h5-14,17,24,28,43H,15-16,18-19H2,1-4H3,(H,35,42). The van der Waals surface area contributed by atoms with Crippen molar-refractivity contribution in [2.75, 3.05) is 20.2 Å². The molecule has 0 radical (unpaired) electrons. The number of amides is 2. The summed E-state index contributed by atoms with van der Waals surface area (Å²) in [5.74, 6) is 1.67. The first-order valence-corrected chi connectivity index (χ1v) is 18.2. The molecule has 4 aromatic rings. The van der Waals surface area contributed by atoms with Crippen LogP contribution in [0.5, 0.6) is 5.75 Å². The molecule has 232 valence electrons. The summed E-state index contributed by atoms with van der Waals surface area (Å²) >= 11 is 6.21. The number of ether oxygens (including phenoxy) is 1. The Hall–Kier alpha value is -4.32. The smallest absolute Gasteiger partial charge is 0.251 e. The highest BCUT2D eigenvalue weighted by Gasteiger charge is 2.34. The van der Waals surface area contributed by atoms with Gasteiger partial charge in [0.15, 0.2) is 5.82 Å². The average Bonchev–Trinajstić information content (AvgIpc) is 3.62. The Kier molecular flexibility index (Phi) is 8.34. The molecule has 1 saturated heterocycles. The van der Waals surface area contributed by atoms with Crippen molar-refractivity contribution in [1.29, 1.82) is 0 Å². The Bertz CT molecular complexity index is 1780. The van der Waals surface area contributed by atoms with Crippen LogP contribution >= 0.6 is 11.6 Å². The second kappa shape index (κ2) is 12.2. The number of aliphatic imine (C=N–C) groups is 1. The molecule has 45 heavy (non-hydrogen) atoms. The number of aromatic nitrogens is 3. The molecule has 0 saturated carbocycles. The molecule has 0 spiro atoms. The van der Waals surface area contributed by atoms with Crippen LogP contribution in [0.25, 0.3) is 5.69 Å². The van der Waals surface area contributed by atoms with E-state index in [4.69, 9.17) is 21.3 Å². The maximum atomic E-state index is 13.8. The molecular weight excluding hydrogens is 608 g/mol. The van der Waals surface area contributed by atoms with Gasteiger partial charge in [-0.15, -0.1) is 10.2 Å². The second-order valence-corrected chi connectivity index (χ2v) is 16.1. The summed E-state index contributed by atoms with van der Waals surface area (Å²) in [4.78, 5) is 44.0. The number of hydrogen-bond donors (Lipinski definition) is 2. The number of benzene rings is 3. The van der Waals surface area contributed by atoms with E-state index in [9.17, 15) is 14.4 Å². The van der Waals surface area contributed by atoms with Gasteiger partial charge in [0.1, 0.15) is 17.6 Å². The summed E-state index contributed by atoms with van der Waals surface area (Å²) in [6.45, 7) is 6.49. The molecule has 2 amide bonds. The van der Waals surface area contributed by atoms with Gasteiger partial charge < -0.3 is 19.7 Å². The minimum atomic E-state index is -2.45. The molecule has 2 N–H and O–H groups in total. The molecule has 2 aliphatic heterocycles. The van der Waals surface area contributed by atoms with E-state index < -0.39 is 14.4 Å². The fraction of sp³-hybridized carbons (Fsp3) is 0.303. The van der Waals surface area contributed by atoms with E-state index in [1.54, 1.807) is 24.1 Å². The first-order valence-electron chi connectivity index (χ1n) is 14.9. The molecule has 0 bridgehead atoms. The van der Waals surface area contributed by atoms with Gasteiger partial charge in [-0.25, -0.2) is 0 Å². The molecule has 12 heteroatoms. The van der Waals surface area contributed by atoms with Crippen LogP contribution < -0.4 is 15.2 Å². The van der Waals surface area contributed by atoms with Crippen molar-refractivity contribution >= 4 is 42.6 Å². The van der Waals surface area contributed by atoms with Crippen molar-refractivity contribution in [3.8, 4) is 11.4 Å². The van der Waals surface area contributed by atoms with Crippen molar-refractivity contribution in [1.82, 2.24) is 25.0 Å². The van der Waals surface area contributed by atoms with E-state index in [1.807, 2.05) is 79.2 Å². The van der Waals surface area contributed by atoms with E-state index >= 15 is 0 Å². The molecule has 2 aliphatic rings. The number of rotatable bonds is 7. The van der Waals surface area contributed by atoms with E-state index in [0.29, 0.717) is 53.2 Å². The van der Waals surface area contributed by atoms with Gasteiger partial charge in [-0.1, -0.05) is 35.9 Å². The maximum absolute atomic E-state index is 13.8. The normalized spacial score (nSPS) is 17.6. The van der Waals surface area contributed by atoms with Gasteiger partial charge in [0.2, 0.25) is 14.2 Å². The van der Waals surface area contributed by atoms with Crippen molar-refractivity contribution in [2.45, 2.75) is 44.9 Å². The number of carbonyl (C=O) groups is 2. The van der Waals surface area contributed by atoms with E-state index in [-0.39, 0.29) is 24.3 Å². The second-order valence-electron chi connectivity index (χ2n) is 12.0. The van der Waals surface area contributed by atoms with Crippen molar-refractivity contribution in [3.05, 3.63) is 100 Å². The molecule has 1 fully saturated rings. The van der Waals surface area contributed by atoms with Crippen LogP contribution in [0.4, 0.5) is 0 Å². The van der Waals surface area contributed by atoms with Crippen LogP contribution in [0.2, 0.25) is 18.1 Å². The number of hydrogen-bond acceptors (Lipinski definition) is 7. The van der Waals surface area contributed by atoms with Gasteiger partial charge in [0.05, 0.1) is 24.9 Å². The lowest BCUT2D eigenvalue weighted by molar-refractivity contribution is -0.130. The van der Waals surface area contributed by atoms with Gasteiger partial charge in [0.25, 0.3) is 5.91 Å². The number of carbonyl (C=O) groups excluding carboxylic acids is 2. The summed E-state index contributed by atoms with van der Waals surface area (Å²) in [5.41, 5.74) is 3.75. The molecule has 3 aromatic carbocycles. The number of halogens is 1. The highest BCUT2D eigenvalue weighted by atomic mass is 35.5. The van der Waals surface area contributed by atoms with Gasteiger partial charge >= 0.3 is 0 Å². The zero-order valence-electron chi connectivity index (χ0n) is 25.6. The highest BCUT2D eigenvalue weighted by molar-refractivity contribution is 6.83. The van der Waals surface area contributed by atoms with Gasteiger partial charge in [0, 0.05) is 40.8 Å². The zero-order chi connectivity index (χ0) is 31.9. The molecule has 3 heterocycles. The average molecular weight is 643 g/mol. The van der Waals surface area contributed by atoms with Crippen LogP contribution in [0.1, 0.15) is 52.0 Å². The summed E-state index contributed by atoms with van der Waals surface area (Å²) in [5, 5.41) is 13.4. The molecule has 1 aromatic heterocycles. The predicted molar refractivity (Wildman–Crippen MR) is 175 cm³/mol. The topological polar surface area (TPSA) is 122 Å². The molecular formula is C33H35ClN6O4Si. The van der Waals surface area contributed by atoms with Gasteiger partial charge in [-0.05, 0) is 74.1 Å². The molecule has 6 rings (SSSR count). The fourth-order valence-electron chi connectivity index (χ4n) is 5.87. The Labute approximate surface area is 267 Å². The third-order valence-electron chi connectivity index (χ3n) is 8.35. The summed E-state index contributed by atoms with van der Waals surface area (Å²) in [6.07, 6.45) is 0.736. The van der Waals surface area contributed by atoms with Crippen LogP contribution in [0.3, 0.4) is 0 Å². The lowest BCUT2D eigenvalue weighted by atomic mass is 10.00. The van der Waals surface area contributed by atoms with E-state index in [0.717, 1.165) is 22.0 Å². The number of methoxy groups -OCH3 is 1. The number of likely N-dealkylation sites (tertiary alicyclic amines) is 1. The number of nitrogens with zero attached hydrogens (tertiary/aromatic N) is 5. The Morgan fingerprint density at radius 2 is 1.80 bits per heavy atom. The van der Waals surface area contributed by atoms with Crippen molar-refractivity contribution in [2.24, 2.45) is 4.99 Å². The minimum absolute atomic E-state index is 0.0776. The van der Waals surface area contributed by atoms with Gasteiger partial charge in [-0.2, -0.15) is 0 Å². The predicted octanol–water partition coefficient (Wildman–Crippen LogP) is 3.96. The maximum Gasteiger partial charge on any atom is 0.251 e. The first kappa shape index (κ1) is 30.7. The molecule has 10 nitrogen and oxygen atoms in total. The third kappa shape index (κ3) is 6.28. The van der Waals surface area contributed by atoms with Crippen LogP contribution in [0, 0.1) is 6.92 Å². The lowest BCUT2D eigenvalue weighted by Crippen LogP contribution is -2.42. The lowest BCUT2D eigenvalue weighted by Gasteiger charge is -2.20. The van der Waals surface area contributed by atoms with E-state index in [2.05, 4.69) is 15.5 Å². The molecule has 2 unspecified atom stereocenters. The molecule has 2 atom stereocenters. The number of fused-ring (bicyclic) bond motifs is 3. The van der Waals surface area contributed by atoms with Crippen molar-refractivity contribution < 1.29 is 19.1 Å². The summed E-state index contributed by atoms with van der Waals surface area (Å²) in [6, 6.07) is 19.6. The Balaban J connectivity index is 1.24. The summed E-state index contributed by atoms with van der Waals surface area (Å²) in [7, 11) is -0.826. The minimum Gasteiger partial charge on any atom is -0.497 e. The monoisotopic (exact) mass is 642 g/mol. The fourth-order valence-corrected chi connectivity index (χ4v) is 6.98. The molecule has 0 aliphatic carbocycles. The third-order valence-corrected chi connectivity index (χ3v) is 10.3. The Morgan fingerprint density at radius 1 is 1.07 bits per heavy atom. The van der Waals surface area contributed by atoms with Crippen LogP contribution in [-0.2, 0) is 4.79 Å². The van der Waals surface area contributed by atoms with E-state index in [1.165, 1.54) is 0 Å². The number of aryl methyl sites for hydroxylation is 1. The zero-order valence-corrected chi connectivity index (χ0v) is 27.4. The summed E-state index contributed by atoms with van der Waals surface area (Å²) < 4.78 is 7.51. The highest BCUT2D eigenvalue weighted by Crippen LogP contribution is 2.35. The van der Waals surface area contributed by atoms with Crippen LogP contribution in [0.15, 0.2) is 71.7 Å². The SMILES string of the molecule is COc1ccc2c(c1)C(c1ccc(Cl)cc1)=NC(CC(=O)N1CCC(NC(=O)c3ccc([Si](C)(C)O)cc3)C1)c1nnc(C)n1-2. The van der Waals surface area contributed by atoms with Crippen molar-refractivity contribution in [3.63, 3.8) is 0 Å². The quantitative estimate of drug-likeness (QED) is 0.295.